The van der Waals surface area contributed by atoms with Gasteiger partial charge in [0, 0.05) is 11.8 Å². The molecule has 0 spiro atoms. The summed E-state index contributed by atoms with van der Waals surface area (Å²) in [5, 5.41) is 4.20. The van der Waals surface area contributed by atoms with Crippen LogP contribution in [-0.4, -0.2) is 13.1 Å². The summed E-state index contributed by atoms with van der Waals surface area (Å²) in [4.78, 5) is 5.15. The van der Waals surface area contributed by atoms with E-state index in [1.165, 1.54) is 76.2 Å². The fourth-order valence-electron chi connectivity index (χ4n) is 8.76. The van der Waals surface area contributed by atoms with Crippen molar-refractivity contribution in [1.82, 2.24) is 4.98 Å². The average molecular weight is 586 g/mol. The fraction of sp³-hybridized carbons (Fsp3) is 0.553. The smallest absolute Gasteiger partial charge is 0.109 e. The van der Waals surface area contributed by atoms with E-state index in [-0.39, 0.29) is 0 Å². The SMILES string of the molecule is CCC(CC)c1cc(-c2nccc3c(C)c([Si](C(CC)CC)(C(CC)CC)C(CC)CC)sc23)cc2ccccc12. The molecule has 0 N–H and O–H groups in total. The molecule has 0 aliphatic carbocycles. The van der Waals surface area contributed by atoms with Gasteiger partial charge in [0.1, 0.15) is 8.07 Å². The van der Waals surface area contributed by atoms with E-state index in [0.29, 0.717) is 5.92 Å². The van der Waals surface area contributed by atoms with Gasteiger partial charge in [-0.2, -0.15) is 0 Å². The molecule has 0 amide bonds. The normalized spacial score (nSPS) is 12.7. The molecular formula is C38H55NSSi. The van der Waals surface area contributed by atoms with Gasteiger partial charge in [-0.25, -0.2) is 0 Å². The molecule has 2 heterocycles. The van der Waals surface area contributed by atoms with E-state index < -0.39 is 8.07 Å². The zero-order valence-electron chi connectivity index (χ0n) is 27.4. The van der Waals surface area contributed by atoms with E-state index in [0.717, 1.165) is 29.5 Å². The summed E-state index contributed by atoms with van der Waals surface area (Å²) < 4.78 is 3.23. The van der Waals surface area contributed by atoms with Gasteiger partial charge in [-0.05, 0) is 92.3 Å². The minimum Gasteiger partial charge on any atom is -0.255 e. The molecule has 0 aliphatic rings. The number of thiophene rings is 1. The first-order valence-electron chi connectivity index (χ1n) is 16.8. The first-order chi connectivity index (χ1) is 19.9. The van der Waals surface area contributed by atoms with E-state index in [1.807, 2.05) is 0 Å². The molecule has 4 rings (SSSR count). The molecular weight excluding hydrogens is 531 g/mol. The minimum absolute atomic E-state index is 0.569. The van der Waals surface area contributed by atoms with Gasteiger partial charge in [-0.1, -0.05) is 118 Å². The average Bonchev–Trinajstić information content (AvgIpc) is 3.35. The fourth-order valence-corrected chi connectivity index (χ4v) is 20.3. The van der Waals surface area contributed by atoms with E-state index in [1.54, 1.807) is 10.1 Å². The second-order valence-electron chi connectivity index (χ2n) is 12.4. The lowest BCUT2D eigenvalue weighted by Gasteiger charge is -2.49. The van der Waals surface area contributed by atoms with Crippen molar-refractivity contribution in [3.63, 3.8) is 0 Å². The number of rotatable bonds is 14. The highest BCUT2D eigenvalue weighted by molar-refractivity contribution is 7.33. The van der Waals surface area contributed by atoms with Gasteiger partial charge in [-0.15, -0.1) is 11.3 Å². The molecule has 0 fully saturated rings. The second kappa shape index (κ2) is 14.0. The quantitative estimate of drug-likeness (QED) is 0.134. The molecule has 0 unspecified atom stereocenters. The summed E-state index contributed by atoms with van der Waals surface area (Å²) in [6.45, 7) is 22.0. The largest absolute Gasteiger partial charge is 0.255 e. The molecule has 0 aliphatic heterocycles. The lowest BCUT2D eigenvalue weighted by atomic mass is 9.87. The topological polar surface area (TPSA) is 12.9 Å². The Morgan fingerprint density at radius 2 is 1.24 bits per heavy atom. The lowest BCUT2D eigenvalue weighted by molar-refractivity contribution is 0.609. The van der Waals surface area contributed by atoms with Crippen LogP contribution in [0.5, 0.6) is 0 Å². The minimum atomic E-state index is -1.90. The molecule has 0 radical (unpaired) electrons. The van der Waals surface area contributed by atoms with Gasteiger partial charge in [0.15, 0.2) is 0 Å². The summed E-state index contributed by atoms with van der Waals surface area (Å²) in [5.41, 5.74) is 8.02. The highest BCUT2D eigenvalue weighted by Gasteiger charge is 2.52. The number of aryl methyl sites for hydroxylation is 1. The second-order valence-corrected chi connectivity index (χ2v) is 18.6. The Morgan fingerprint density at radius 1 is 0.683 bits per heavy atom. The molecule has 0 atom stereocenters. The molecule has 2 aromatic heterocycles. The molecule has 0 bridgehead atoms. The molecule has 222 valence electrons. The maximum atomic E-state index is 5.15. The van der Waals surface area contributed by atoms with Crippen molar-refractivity contribution < 1.29 is 0 Å². The number of pyridine rings is 1. The van der Waals surface area contributed by atoms with Crippen LogP contribution in [0, 0.1) is 6.92 Å². The van der Waals surface area contributed by atoms with Crippen LogP contribution in [0.4, 0.5) is 0 Å². The molecule has 2 aromatic carbocycles. The van der Waals surface area contributed by atoms with Crippen molar-refractivity contribution in [3.8, 4) is 11.3 Å². The van der Waals surface area contributed by atoms with Crippen molar-refractivity contribution in [1.29, 1.82) is 0 Å². The number of fused-ring (bicyclic) bond motifs is 2. The van der Waals surface area contributed by atoms with Gasteiger partial charge >= 0.3 is 0 Å². The number of benzene rings is 2. The molecule has 41 heavy (non-hydrogen) atoms. The Labute approximate surface area is 256 Å². The number of hydrogen-bond acceptors (Lipinski definition) is 2. The molecule has 0 saturated heterocycles. The maximum Gasteiger partial charge on any atom is 0.109 e. The first-order valence-corrected chi connectivity index (χ1v) is 19.9. The lowest BCUT2D eigenvalue weighted by Crippen LogP contribution is -2.58. The third kappa shape index (κ3) is 5.47. The van der Waals surface area contributed by atoms with Crippen molar-refractivity contribution in [2.45, 2.75) is 136 Å². The van der Waals surface area contributed by atoms with Crippen LogP contribution in [0.25, 0.3) is 32.1 Å². The van der Waals surface area contributed by atoms with Crippen LogP contribution in [0.3, 0.4) is 0 Å². The van der Waals surface area contributed by atoms with Crippen LogP contribution in [-0.2, 0) is 0 Å². The van der Waals surface area contributed by atoms with Gasteiger partial charge in [0.2, 0.25) is 0 Å². The zero-order chi connectivity index (χ0) is 29.7. The molecule has 3 heteroatoms. The standard InChI is InChI=1S/C38H55NSSi/c1-10-27(11-2)35-25-29(24-28-20-18-19-21-34(28)35)36-37-33(22-23-39-36)26(9)38(40-37)41(30(12-3)13-4,31(14-5)15-6)32(16-7)17-8/h18-25,27,30-32H,10-17H2,1-9H3. The van der Waals surface area contributed by atoms with Gasteiger partial charge in [-0.3, -0.25) is 4.98 Å². The van der Waals surface area contributed by atoms with Crippen LogP contribution < -0.4 is 4.50 Å². The van der Waals surface area contributed by atoms with Crippen molar-refractivity contribution in [2.75, 3.05) is 0 Å². The predicted octanol–water partition coefficient (Wildman–Crippen LogP) is 12.6. The Bertz CT molecular complexity index is 1390. The summed E-state index contributed by atoms with van der Waals surface area (Å²) in [6, 6.07) is 16.2. The van der Waals surface area contributed by atoms with E-state index in [9.17, 15) is 0 Å². The summed E-state index contributed by atoms with van der Waals surface area (Å²) in [7, 11) is -1.90. The molecule has 0 saturated carbocycles. The predicted molar refractivity (Wildman–Crippen MR) is 189 cm³/mol. The highest BCUT2D eigenvalue weighted by atomic mass is 32.1. The number of nitrogens with zero attached hydrogens (tertiary/aromatic N) is 1. The van der Waals surface area contributed by atoms with E-state index in [4.69, 9.17) is 4.98 Å². The Balaban J connectivity index is 2.07. The number of hydrogen-bond donors (Lipinski definition) is 0. The van der Waals surface area contributed by atoms with E-state index in [2.05, 4.69) is 122 Å². The van der Waals surface area contributed by atoms with Gasteiger partial charge < -0.3 is 0 Å². The van der Waals surface area contributed by atoms with Crippen LogP contribution >= 0.6 is 11.3 Å². The summed E-state index contributed by atoms with van der Waals surface area (Å²) in [5.74, 6) is 0.569. The first kappa shape index (κ1) is 32.0. The third-order valence-electron chi connectivity index (χ3n) is 10.8. The third-order valence-corrected chi connectivity index (χ3v) is 21.0. The Hall–Kier alpha value is -1.97. The summed E-state index contributed by atoms with van der Waals surface area (Å²) in [6.07, 6.45) is 12.2. The van der Waals surface area contributed by atoms with Gasteiger partial charge in [0.05, 0.1) is 10.4 Å². The van der Waals surface area contributed by atoms with Crippen LogP contribution in [0.1, 0.15) is 124 Å². The van der Waals surface area contributed by atoms with Crippen molar-refractivity contribution >= 4 is 44.8 Å². The van der Waals surface area contributed by atoms with Crippen molar-refractivity contribution in [3.05, 3.63) is 59.8 Å². The maximum absolute atomic E-state index is 5.15. The van der Waals surface area contributed by atoms with Crippen molar-refractivity contribution in [2.24, 2.45) is 0 Å². The Kier molecular flexibility index (Phi) is 10.9. The van der Waals surface area contributed by atoms with Crippen LogP contribution in [0.15, 0.2) is 48.7 Å². The molecule has 4 aromatic rings. The van der Waals surface area contributed by atoms with E-state index >= 15 is 0 Å². The van der Waals surface area contributed by atoms with Gasteiger partial charge in [0.25, 0.3) is 0 Å². The van der Waals surface area contributed by atoms with Crippen LogP contribution in [0.2, 0.25) is 16.6 Å². The Morgan fingerprint density at radius 3 is 1.78 bits per heavy atom. The zero-order valence-corrected chi connectivity index (χ0v) is 29.3. The number of aromatic nitrogens is 1. The highest BCUT2D eigenvalue weighted by Crippen LogP contribution is 2.53. The monoisotopic (exact) mass is 585 g/mol. The summed E-state index contributed by atoms with van der Waals surface area (Å²) >= 11 is 2.16. The molecule has 1 nitrogen and oxygen atoms in total.